The summed E-state index contributed by atoms with van der Waals surface area (Å²) in [5.74, 6) is 0. The van der Waals surface area contributed by atoms with Crippen molar-refractivity contribution >= 4 is 88.5 Å². The maximum Gasteiger partial charge on any atom is 0.137 e. The van der Waals surface area contributed by atoms with Gasteiger partial charge in [-0.25, -0.2) is 0 Å². The Kier molecular flexibility index (Phi) is 7.78. The van der Waals surface area contributed by atoms with E-state index in [1.807, 2.05) is 12.3 Å². The summed E-state index contributed by atoms with van der Waals surface area (Å²) >= 11 is 0. The number of anilines is 6. The van der Waals surface area contributed by atoms with Gasteiger partial charge in [-0.1, -0.05) is 127 Å². The van der Waals surface area contributed by atoms with Crippen LogP contribution in [0.4, 0.5) is 34.1 Å². The first-order valence-corrected chi connectivity index (χ1v) is 19.3. The Morgan fingerprint density at radius 2 is 0.860 bits per heavy atom. The fourth-order valence-electron chi connectivity index (χ4n) is 8.34. The van der Waals surface area contributed by atoms with Gasteiger partial charge >= 0.3 is 0 Å². The first-order valence-electron chi connectivity index (χ1n) is 19.3. The molecule has 0 N–H and O–H groups in total. The van der Waals surface area contributed by atoms with Crippen LogP contribution in [0.15, 0.2) is 217 Å². The molecule has 11 aromatic rings. The van der Waals surface area contributed by atoms with Crippen molar-refractivity contribution in [1.82, 2.24) is 4.98 Å². The third kappa shape index (κ3) is 5.66. The van der Waals surface area contributed by atoms with Gasteiger partial charge in [0.05, 0.1) is 27.7 Å². The normalized spacial score (nSPS) is 11.5. The van der Waals surface area contributed by atoms with E-state index in [1.54, 1.807) is 0 Å². The molecule has 0 fully saturated rings. The lowest BCUT2D eigenvalue weighted by Gasteiger charge is -2.34. The molecule has 268 valence electrons. The maximum atomic E-state index is 6.79. The predicted octanol–water partition coefficient (Wildman–Crippen LogP) is 15.0. The van der Waals surface area contributed by atoms with Crippen LogP contribution in [0.25, 0.3) is 65.5 Å². The van der Waals surface area contributed by atoms with Crippen molar-refractivity contribution in [1.29, 1.82) is 0 Å². The first-order chi connectivity index (χ1) is 28.3. The third-order valence-corrected chi connectivity index (χ3v) is 11.0. The summed E-state index contributed by atoms with van der Waals surface area (Å²) in [5, 5.41) is 7.75. The van der Waals surface area contributed by atoms with Crippen molar-refractivity contribution in [2.24, 2.45) is 0 Å². The lowest BCUT2D eigenvalue weighted by Crippen LogP contribution is -2.17. The summed E-state index contributed by atoms with van der Waals surface area (Å²) in [4.78, 5) is 9.79. The summed E-state index contributed by atoms with van der Waals surface area (Å²) in [6.07, 6.45) is 1.87. The summed E-state index contributed by atoms with van der Waals surface area (Å²) in [6.45, 7) is 0. The highest BCUT2D eigenvalue weighted by Gasteiger charge is 2.28. The number of benzene rings is 9. The van der Waals surface area contributed by atoms with Crippen molar-refractivity contribution in [3.8, 4) is 11.1 Å². The van der Waals surface area contributed by atoms with E-state index in [0.717, 1.165) is 77.9 Å². The Balaban J connectivity index is 1.28. The molecule has 0 atom stereocenters. The number of aromatic nitrogens is 1. The molecule has 4 nitrogen and oxygen atoms in total. The van der Waals surface area contributed by atoms with Crippen LogP contribution < -0.4 is 9.80 Å². The van der Waals surface area contributed by atoms with E-state index in [0.29, 0.717) is 0 Å². The van der Waals surface area contributed by atoms with Crippen molar-refractivity contribution in [2.75, 3.05) is 9.80 Å². The van der Waals surface area contributed by atoms with Crippen molar-refractivity contribution in [2.45, 2.75) is 0 Å². The number of para-hydroxylation sites is 1. The standard InChI is InChI=1S/C53H35N3O/c1-3-12-36(13-4-1)39-21-26-44(27-22-39)56(46-29-24-38-15-8-10-17-42(38)35-46)53-47(30-32-49-51(53)50-48(57-49)31-25-40-18-11-33-54-52(40)50)55(43-19-5-2-6-20-43)45-28-23-37-14-7-9-16-41(37)34-45/h1-35H. The zero-order chi connectivity index (χ0) is 37.7. The molecule has 4 heteroatoms. The summed E-state index contributed by atoms with van der Waals surface area (Å²) in [5.41, 5.74) is 11.0. The molecular weight excluding hydrogens is 695 g/mol. The molecule has 0 saturated heterocycles. The average molecular weight is 730 g/mol. The first kappa shape index (κ1) is 32.7. The second-order valence-corrected chi connectivity index (χ2v) is 14.4. The molecular formula is C53H35N3O. The monoisotopic (exact) mass is 729 g/mol. The van der Waals surface area contributed by atoms with Gasteiger partial charge in [-0.2, -0.15) is 0 Å². The quantitative estimate of drug-likeness (QED) is 0.163. The molecule has 11 rings (SSSR count). The second-order valence-electron chi connectivity index (χ2n) is 14.4. The minimum atomic E-state index is 0.792. The topological polar surface area (TPSA) is 32.5 Å². The molecule has 0 radical (unpaired) electrons. The molecule has 2 heterocycles. The van der Waals surface area contributed by atoms with Crippen LogP contribution in [0.3, 0.4) is 0 Å². The van der Waals surface area contributed by atoms with Gasteiger partial charge in [-0.3, -0.25) is 4.98 Å². The maximum absolute atomic E-state index is 6.79. The highest BCUT2D eigenvalue weighted by atomic mass is 16.3. The molecule has 0 spiro atoms. The van der Waals surface area contributed by atoms with E-state index in [2.05, 4.69) is 210 Å². The Labute approximate surface area is 330 Å². The molecule has 9 aromatic carbocycles. The second kappa shape index (κ2) is 13.6. The molecule has 0 bridgehead atoms. The number of pyridine rings is 1. The van der Waals surface area contributed by atoms with Gasteiger partial charge in [0.1, 0.15) is 11.2 Å². The van der Waals surface area contributed by atoms with Crippen LogP contribution in [0.1, 0.15) is 0 Å². The fraction of sp³-hybridized carbons (Fsp3) is 0. The molecule has 0 amide bonds. The minimum absolute atomic E-state index is 0.792. The molecule has 0 aliphatic rings. The molecule has 0 aliphatic heterocycles. The molecule has 2 aromatic heterocycles. The van der Waals surface area contributed by atoms with Gasteiger partial charge in [0, 0.05) is 34.3 Å². The van der Waals surface area contributed by atoms with Gasteiger partial charge < -0.3 is 14.2 Å². The van der Waals surface area contributed by atoms with Crippen LogP contribution in [0, 0.1) is 0 Å². The summed E-state index contributed by atoms with van der Waals surface area (Å²) in [6, 6.07) is 73.3. The van der Waals surface area contributed by atoms with Gasteiger partial charge in [-0.15, -0.1) is 0 Å². The minimum Gasteiger partial charge on any atom is -0.456 e. The largest absolute Gasteiger partial charge is 0.456 e. The molecule has 0 saturated carbocycles. The Bertz CT molecular complexity index is 3250. The van der Waals surface area contributed by atoms with Crippen LogP contribution in [0.5, 0.6) is 0 Å². The fourth-order valence-corrected chi connectivity index (χ4v) is 8.34. The van der Waals surface area contributed by atoms with Gasteiger partial charge in [0.2, 0.25) is 0 Å². The van der Waals surface area contributed by atoms with E-state index >= 15 is 0 Å². The van der Waals surface area contributed by atoms with Crippen molar-refractivity contribution < 1.29 is 4.42 Å². The zero-order valence-corrected chi connectivity index (χ0v) is 31.0. The lowest BCUT2D eigenvalue weighted by molar-refractivity contribution is 0.669. The number of hydrogen-bond donors (Lipinski definition) is 0. The van der Waals surface area contributed by atoms with E-state index in [4.69, 9.17) is 9.40 Å². The number of nitrogens with zero attached hydrogens (tertiary/aromatic N) is 3. The number of fused-ring (bicyclic) bond motifs is 7. The van der Waals surface area contributed by atoms with E-state index in [-0.39, 0.29) is 0 Å². The van der Waals surface area contributed by atoms with Crippen LogP contribution in [-0.4, -0.2) is 4.98 Å². The summed E-state index contributed by atoms with van der Waals surface area (Å²) < 4.78 is 6.79. The van der Waals surface area contributed by atoms with Gasteiger partial charge in [-0.05, 0) is 112 Å². The highest BCUT2D eigenvalue weighted by molar-refractivity contribution is 6.24. The molecule has 0 aliphatic carbocycles. The van der Waals surface area contributed by atoms with E-state index < -0.39 is 0 Å². The van der Waals surface area contributed by atoms with Gasteiger partial charge in [0.25, 0.3) is 0 Å². The third-order valence-electron chi connectivity index (χ3n) is 11.0. The van der Waals surface area contributed by atoms with Crippen molar-refractivity contribution in [3.05, 3.63) is 212 Å². The average Bonchev–Trinajstić information content (AvgIpc) is 3.67. The lowest BCUT2D eigenvalue weighted by atomic mass is 10.0. The number of furan rings is 1. The Morgan fingerprint density at radius 1 is 0.351 bits per heavy atom. The van der Waals surface area contributed by atoms with Gasteiger partial charge in [0.15, 0.2) is 0 Å². The summed E-state index contributed by atoms with van der Waals surface area (Å²) in [7, 11) is 0. The Hall–Kier alpha value is -7.69. The van der Waals surface area contributed by atoms with Crippen LogP contribution >= 0.6 is 0 Å². The molecule has 0 unspecified atom stereocenters. The van der Waals surface area contributed by atoms with E-state index in [1.165, 1.54) is 21.7 Å². The Morgan fingerprint density at radius 3 is 1.56 bits per heavy atom. The zero-order valence-electron chi connectivity index (χ0n) is 31.0. The van der Waals surface area contributed by atoms with Crippen LogP contribution in [-0.2, 0) is 0 Å². The predicted molar refractivity (Wildman–Crippen MR) is 239 cm³/mol. The number of rotatable bonds is 7. The number of hydrogen-bond acceptors (Lipinski definition) is 4. The van der Waals surface area contributed by atoms with Crippen molar-refractivity contribution in [3.63, 3.8) is 0 Å². The smallest absolute Gasteiger partial charge is 0.137 e. The van der Waals surface area contributed by atoms with Crippen LogP contribution in [0.2, 0.25) is 0 Å². The van der Waals surface area contributed by atoms with E-state index in [9.17, 15) is 0 Å². The molecule has 57 heavy (non-hydrogen) atoms. The highest BCUT2D eigenvalue weighted by Crippen LogP contribution is 2.52. The SMILES string of the molecule is c1ccc(-c2ccc(N(c3ccc4ccccc4c3)c3c(N(c4ccccc4)c4ccc5ccccc5c4)ccc4oc5ccc6cccnc6c5c34)cc2)cc1.